The minimum atomic E-state index is -0.323. The van der Waals surface area contributed by atoms with E-state index in [-0.39, 0.29) is 42.2 Å². The van der Waals surface area contributed by atoms with Crippen molar-refractivity contribution in [1.29, 1.82) is 0 Å². The van der Waals surface area contributed by atoms with E-state index >= 15 is 0 Å². The van der Waals surface area contributed by atoms with Crippen LogP contribution in [0.2, 0.25) is 0 Å². The molecule has 2 aliphatic rings. The zero-order chi connectivity index (χ0) is 16.3. The number of halogens is 2. The van der Waals surface area contributed by atoms with E-state index < -0.39 is 0 Å². The maximum atomic E-state index is 12.9. The van der Waals surface area contributed by atoms with E-state index in [9.17, 15) is 4.79 Å². The number of nitrogens with two attached hydrogens (primary N) is 1. The summed E-state index contributed by atoms with van der Waals surface area (Å²) in [5, 5.41) is 0. The molecule has 1 aliphatic heterocycles. The largest absolute Gasteiger partial charge is 0.340 e. The van der Waals surface area contributed by atoms with Gasteiger partial charge in [0.25, 0.3) is 0 Å². The van der Waals surface area contributed by atoms with Crippen LogP contribution in [-0.4, -0.2) is 47.4 Å². The molecule has 3 rings (SSSR count). The van der Waals surface area contributed by atoms with Crippen molar-refractivity contribution in [3.05, 3.63) is 35.9 Å². The van der Waals surface area contributed by atoms with Gasteiger partial charge in [-0.15, -0.1) is 24.8 Å². The van der Waals surface area contributed by atoms with Gasteiger partial charge >= 0.3 is 0 Å². The summed E-state index contributed by atoms with van der Waals surface area (Å²) in [5.74, 6) is 0.297. The lowest BCUT2D eigenvalue weighted by molar-refractivity contribution is -0.140. The average molecular weight is 388 g/mol. The van der Waals surface area contributed by atoms with Crippen molar-refractivity contribution in [3.8, 4) is 0 Å². The molecule has 6 heteroatoms. The molecule has 1 heterocycles. The summed E-state index contributed by atoms with van der Waals surface area (Å²) in [4.78, 5) is 17.3. The molecule has 0 radical (unpaired) electrons. The summed E-state index contributed by atoms with van der Waals surface area (Å²) in [7, 11) is 0. The number of nitrogens with zero attached hydrogens (tertiary/aromatic N) is 2. The SMILES string of the molecule is CC1(N)CCCCC1C(=O)N1CCN(Cc2ccccc2)CC1.Cl.Cl. The van der Waals surface area contributed by atoms with E-state index in [1.807, 2.05) is 11.0 Å². The Morgan fingerprint density at radius 2 is 1.76 bits per heavy atom. The second-order valence-corrected chi connectivity index (χ2v) is 7.39. The van der Waals surface area contributed by atoms with E-state index in [1.165, 1.54) is 5.56 Å². The van der Waals surface area contributed by atoms with Gasteiger partial charge in [0.05, 0.1) is 5.92 Å². The second-order valence-electron chi connectivity index (χ2n) is 7.39. The molecule has 2 fully saturated rings. The number of carbonyl (C=O) groups is 1. The van der Waals surface area contributed by atoms with Gasteiger partial charge < -0.3 is 10.6 Å². The summed E-state index contributed by atoms with van der Waals surface area (Å²) in [6.07, 6.45) is 4.21. The molecule has 0 aromatic heterocycles. The smallest absolute Gasteiger partial charge is 0.227 e. The van der Waals surface area contributed by atoms with Gasteiger partial charge in [-0.1, -0.05) is 43.2 Å². The summed E-state index contributed by atoms with van der Waals surface area (Å²) >= 11 is 0. The molecular formula is C19H31Cl2N3O. The molecule has 1 saturated carbocycles. The molecule has 1 aromatic carbocycles. The van der Waals surface area contributed by atoms with Gasteiger partial charge in [-0.05, 0) is 25.3 Å². The lowest BCUT2D eigenvalue weighted by Gasteiger charge is -2.42. The van der Waals surface area contributed by atoms with Gasteiger partial charge in [0.1, 0.15) is 0 Å². The summed E-state index contributed by atoms with van der Waals surface area (Å²) in [6.45, 7) is 6.60. The summed E-state index contributed by atoms with van der Waals surface area (Å²) in [5.41, 5.74) is 7.42. The predicted octanol–water partition coefficient (Wildman–Crippen LogP) is 3.08. The zero-order valence-corrected chi connectivity index (χ0v) is 16.7. The molecule has 2 atom stereocenters. The molecule has 0 spiro atoms. The Labute approximate surface area is 163 Å². The van der Waals surface area contributed by atoms with Crippen LogP contribution in [0.3, 0.4) is 0 Å². The van der Waals surface area contributed by atoms with E-state index in [2.05, 4.69) is 36.1 Å². The maximum absolute atomic E-state index is 12.9. The number of benzene rings is 1. The van der Waals surface area contributed by atoms with Crippen LogP contribution in [0.25, 0.3) is 0 Å². The molecule has 1 saturated heterocycles. The first-order valence-electron chi connectivity index (χ1n) is 8.90. The molecule has 1 aliphatic carbocycles. The van der Waals surface area contributed by atoms with Crippen LogP contribution in [-0.2, 0) is 11.3 Å². The predicted molar refractivity (Wildman–Crippen MR) is 107 cm³/mol. The Morgan fingerprint density at radius 3 is 2.36 bits per heavy atom. The molecule has 2 unspecified atom stereocenters. The fraction of sp³-hybridized carbons (Fsp3) is 0.632. The minimum Gasteiger partial charge on any atom is -0.340 e. The number of rotatable bonds is 3. The van der Waals surface area contributed by atoms with E-state index in [1.54, 1.807) is 0 Å². The highest BCUT2D eigenvalue weighted by molar-refractivity contribution is 5.85. The van der Waals surface area contributed by atoms with Crippen molar-refractivity contribution in [2.75, 3.05) is 26.2 Å². The molecule has 0 bridgehead atoms. The molecule has 1 amide bonds. The Morgan fingerprint density at radius 1 is 1.12 bits per heavy atom. The molecular weight excluding hydrogens is 357 g/mol. The topological polar surface area (TPSA) is 49.6 Å². The molecule has 25 heavy (non-hydrogen) atoms. The molecule has 142 valence electrons. The third-order valence-electron chi connectivity index (χ3n) is 5.49. The van der Waals surface area contributed by atoms with Crippen LogP contribution in [0.5, 0.6) is 0 Å². The van der Waals surface area contributed by atoms with Crippen molar-refractivity contribution < 1.29 is 4.79 Å². The van der Waals surface area contributed by atoms with Gasteiger partial charge in [0.2, 0.25) is 5.91 Å². The molecule has 1 aromatic rings. The van der Waals surface area contributed by atoms with Crippen LogP contribution >= 0.6 is 24.8 Å². The summed E-state index contributed by atoms with van der Waals surface area (Å²) in [6, 6.07) is 10.5. The Hall–Kier alpha value is -0.810. The zero-order valence-electron chi connectivity index (χ0n) is 15.0. The van der Waals surface area contributed by atoms with E-state index in [4.69, 9.17) is 5.73 Å². The quantitative estimate of drug-likeness (QED) is 0.866. The van der Waals surface area contributed by atoms with Crippen LogP contribution < -0.4 is 5.73 Å². The fourth-order valence-corrected chi connectivity index (χ4v) is 3.95. The van der Waals surface area contributed by atoms with Crippen molar-refractivity contribution in [2.24, 2.45) is 11.7 Å². The number of hydrogen-bond acceptors (Lipinski definition) is 3. The van der Waals surface area contributed by atoms with Crippen molar-refractivity contribution in [1.82, 2.24) is 9.80 Å². The lowest BCUT2D eigenvalue weighted by atomic mass is 9.74. The monoisotopic (exact) mass is 387 g/mol. The highest BCUT2D eigenvalue weighted by atomic mass is 35.5. The fourth-order valence-electron chi connectivity index (χ4n) is 3.95. The first-order chi connectivity index (χ1) is 11.1. The van der Waals surface area contributed by atoms with Crippen LogP contribution in [0.15, 0.2) is 30.3 Å². The van der Waals surface area contributed by atoms with E-state index in [0.29, 0.717) is 0 Å². The normalized spacial score (nSPS) is 27.1. The second kappa shape index (κ2) is 9.77. The molecule has 2 N–H and O–H groups in total. The minimum absolute atomic E-state index is 0. The Bertz CT molecular complexity index is 531. The third kappa shape index (κ3) is 5.58. The lowest BCUT2D eigenvalue weighted by Crippen LogP contribution is -2.57. The van der Waals surface area contributed by atoms with Crippen molar-refractivity contribution in [2.45, 2.75) is 44.7 Å². The van der Waals surface area contributed by atoms with Crippen molar-refractivity contribution >= 4 is 30.7 Å². The maximum Gasteiger partial charge on any atom is 0.227 e. The summed E-state index contributed by atoms with van der Waals surface area (Å²) < 4.78 is 0. The van der Waals surface area contributed by atoms with Crippen LogP contribution in [0.1, 0.15) is 38.2 Å². The van der Waals surface area contributed by atoms with Gasteiger partial charge in [0, 0.05) is 38.3 Å². The average Bonchev–Trinajstić information content (AvgIpc) is 2.55. The molecule has 4 nitrogen and oxygen atoms in total. The Kier molecular flexibility index (Phi) is 8.69. The first kappa shape index (κ1) is 22.2. The first-order valence-corrected chi connectivity index (χ1v) is 8.90. The standard InChI is InChI=1S/C19H29N3O.2ClH/c1-19(20)10-6-5-9-17(19)18(23)22-13-11-21(12-14-22)15-16-7-3-2-4-8-16;;/h2-4,7-8,17H,5-6,9-15,20H2,1H3;2*1H. The number of piperazine rings is 1. The highest BCUT2D eigenvalue weighted by Gasteiger charge is 2.40. The highest BCUT2D eigenvalue weighted by Crippen LogP contribution is 2.33. The van der Waals surface area contributed by atoms with Gasteiger partial charge in [-0.25, -0.2) is 0 Å². The van der Waals surface area contributed by atoms with E-state index in [0.717, 1.165) is 58.4 Å². The van der Waals surface area contributed by atoms with Crippen molar-refractivity contribution in [3.63, 3.8) is 0 Å². The van der Waals surface area contributed by atoms with Gasteiger partial charge in [-0.2, -0.15) is 0 Å². The van der Waals surface area contributed by atoms with Gasteiger partial charge in [-0.3, -0.25) is 9.69 Å². The van der Waals surface area contributed by atoms with Crippen LogP contribution in [0, 0.1) is 5.92 Å². The van der Waals surface area contributed by atoms with Gasteiger partial charge in [0.15, 0.2) is 0 Å². The third-order valence-corrected chi connectivity index (χ3v) is 5.49. The van der Waals surface area contributed by atoms with Crippen LogP contribution in [0.4, 0.5) is 0 Å². The number of amides is 1. The number of hydrogen-bond donors (Lipinski definition) is 1. The number of carbonyl (C=O) groups excluding carboxylic acids is 1. The Balaban J connectivity index is 0.00000156.